The number of hydrogen-bond donors (Lipinski definition) is 2. The van der Waals surface area contributed by atoms with E-state index in [2.05, 4.69) is 10.0 Å². The van der Waals surface area contributed by atoms with Crippen LogP contribution < -0.4 is 14.8 Å². The van der Waals surface area contributed by atoms with Gasteiger partial charge in [0, 0.05) is 9.79 Å². The number of anilines is 1. The third kappa shape index (κ3) is 7.45. The van der Waals surface area contributed by atoms with E-state index in [1.165, 1.54) is 23.9 Å². The summed E-state index contributed by atoms with van der Waals surface area (Å²) in [6.45, 7) is 2.34. The van der Waals surface area contributed by atoms with Crippen LogP contribution in [0.4, 0.5) is 5.69 Å². The van der Waals surface area contributed by atoms with Gasteiger partial charge in [-0.1, -0.05) is 72.4 Å². The van der Waals surface area contributed by atoms with Gasteiger partial charge in [0.25, 0.3) is 0 Å². The van der Waals surface area contributed by atoms with E-state index in [1.807, 2.05) is 91.9 Å². The number of para-hydroxylation sites is 1. The highest BCUT2D eigenvalue weighted by atomic mass is 32.2. The van der Waals surface area contributed by atoms with Gasteiger partial charge < -0.3 is 10.1 Å². The lowest BCUT2D eigenvalue weighted by Gasteiger charge is -2.20. The molecule has 0 aromatic heterocycles. The Bertz CT molecular complexity index is 1410. The highest BCUT2D eigenvalue weighted by Crippen LogP contribution is 2.33. The number of sulfonamides is 1. The first kappa shape index (κ1) is 26.5. The quantitative estimate of drug-likeness (QED) is 0.256. The van der Waals surface area contributed by atoms with Crippen LogP contribution in [0.5, 0.6) is 5.75 Å². The molecule has 8 heteroatoms. The summed E-state index contributed by atoms with van der Waals surface area (Å²) in [6.07, 6.45) is 0.191. The fourth-order valence-corrected chi connectivity index (χ4v) is 5.79. The van der Waals surface area contributed by atoms with Gasteiger partial charge in [-0.25, -0.2) is 8.42 Å². The van der Waals surface area contributed by atoms with Crippen molar-refractivity contribution in [1.82, 2.24) is 4.72 Å². The van der Waals surface area contributed by atoms with Gasteiger partial charge in [0.15, 0.2) is 0 Å². The van der Waals surface area contributed by atoms with E-state index in [9.17, 15) is 13.2 Å². The molecule has 0 aliphatic heterocycles. The predicted octanol–water partition coefficient (Wildman–Crippen LogP) is 5.76. The highest BCUT2D eigenvalue weighted by Gasteiger charge is 2.27. The maximum Gasteiger partial charge on any atom is 0.242 e. The monoisotopic (exact) mass is 532 g/mol. The smallest absolute Gasteiger partial charge is 0.242 e. The van der Waals surface area contributed by atoms with Crippen molar-refractivity contribution in [2.75, 3.05) is 11.9 Å². The van der Waals surface area contributed by atoms with Crippen LogP contribution in [0.15, 0.2) is 124 Å². The lowest BCUT2D eigenvalue weighted by molar-refractivity contribution is -0.117. The summed E-state index contributed by atoms with van der Waals surface area (Å²) >= 11 is 1.52. The van der Waals surface area contributed by atoms with Crippen LogP contribution in [0, 0.1) is 0 Å². The number of rotatable bonds is 11. The molecule has 0 fully saturated rings. The minimum absolute atomic E-state index is 0.0573. The minimum Gasteiger partial charge on any atom is -0.494 e. The molecule has 4 rings (SSSR count). The van der Waals surface area contributed by atoms with Crippen LogP contribution in [0.25, 0.3) is 0 Å². The average Bonchev–Trinajstić information content (AvgIpc) is 2.91. The van der Waals surface area contributed by atoms with Crippen LogP contribution in [0.2, 0.25) is 0 Å². The summed E-state index contributed by atoms with van der Waals surface area (Å²) in [5.41, 5.74) is 1.45. The SMILES string of the molecule is CCOc1ccc(S(=O)(=O)N[C@H](Cc2ccccc2)C(=O)Nc2ccccc2Sc2ccccc2)cc1. The summed E-state index contributed by atoms with van der Waals surface area (Å²) in [6, 6.07) is 31.7. The van der Waals surface area contributed by atoms with Gasteiger partial charge in [0.1, 0.15) is 11.8 Å². The maximum atomic E-state index is 13.5. The zero-order valence-corrected chi connectivity index (χ0v) is 22.0. The topological polar surface area (TPSA) is 84.5 Å². The Morgan fingerprint density at radius 3 is 2.14 bits per heavy atom. The second kappa shape index (κ2) is 12.6. The van der Waals surface area contributed by atoms with Crippen molar-refractivity contribution in [1.29, 1.82) is 0 Å². The average molecular weight is 533 g/mol. The van der Waals surface area contributed by atoms with Crippen molar-refractivity contribution < 1.29 is 17.9 Å². The predicted molar refractivity (Wildman–Crippen MR) is 148 cm³/mol. The lowest BCUT2D eigenvalue weighted by Crippen LogP contribution is -2.45. The van der Waals surface area contributed by atoms with Gasteiger partial charge in [-0.3, -0.25) is 4.79 Å². The van der Waals surface area contributed by atoms with Crippen LogP contribution in [0.1, 0.15) is 12.5 Å². The Morgan fingerprint density at radius 1 is 0.838 bits per heavy atom. The Hall–Kier alpha value is -3.59. The van der Waals surface area contributed by atoms with Crippen molar-refractivity contribution in [2.24, 2.45) is 0 Å². The molecule has 2 N–H and O–H groups in total. The molecule has 0 spiro atoms. The molecular formula is C29H28N2O4S2. The van der Waals surface area contributed by atoms with Crippen LogP contribution >= 0.6 is 11.8 Å². The third-order valence-corrected chi connectivity index (χ3v) is 8.03. The first-order chi connectivity index (χ1) is 17.9. The number of ether oxygens (including phenoxy) is 1. The lowest BCUT2D eigenvalue weighted by atomic mass is 10.1. The van der Waals surface area contributed by atoms with Gasteiger partial charge in [-0.05, 0) is 67.4 Å². The van der Waals surface area contributed by atoms with E-state index >= 15 is 0 Å². The summed E-state index contributed by atoms with van der Waals surface area (Å²) in [5, 5.41) is 2.94. The van der Waals surface area contributed by atoms with Gasteiger partial charge in [-0.15, -0.1) is 0 Å². The van der Waals surface area contributed by atoms with E-state index in [4.69, 9.17) is 4.74 Å². The molecule has 0 unspecified atom stereocenters. The molecule has 0 bridgehead atoms. The van der Waals surface area contributed by atoms with Crippen molar-refractivity contribution in [3.63, 3.8) is 0 Å². The van der Waals surface area contributed by atoms with E-state index < -0.39 is 22.0 Å². The molecule has 0 aliphatic rings. The van der Waals surface area contributed by atoms with Gasteiger partial charge in [0.05, 0.1) is 17.2 Å². The van der Waals surface area contributed by atoms with Gasteiger partial charge in [0.2, 0.25) is 15.9 Å². The van der Waals surface area contributed by atoms with Crippen LogP contribution in [-0.4, -0.2) is 27.0 Å². The molecule has 4 aromatic carbocycles. The number of nitrogens with one attached hydrogen (secondary N) is 2. The first-order valence-corrected chi connectivity index (χ1v) is 14.2. The van der Waals surface area contributed by atoms with E-state index in [-0.39, 0.29) is 11.3 Å². The van der Waals surface area contributed by atoms with Crippen molar-refractivity contribution in [2.45, 2.75) is 34.1 Å². The van der Waals surface area contributed by atoms with E-state index in [1.54, 1.807) is 12.1 Å². The standard InChI is InChI=1S/C29H28N2O4S2/c1-2-35-23-17-19-25(20-18-23)37(33,34)31-27(21-22-11-5-3-6-12-22)29(32)30-26-15-9-10-16-28(26)36-24-13-7-4-8-14-24/h3-20,27,31H,2,21H2,1H3,(H,30,32)/t27-/m1/s1. The van der Waals surface area contributed by atoms with Gasteiger partial charge in [-0.2, -0.15) is 4.72 Å². The molecule has 37 heavy (non-hydrogen) atoms. The molecule has 6 nitrogen and oxygen atoms in total. The molecule has 0 heterocycles. The second-order valence-corrected chi connectivity index (χ2v) is 11.0. The normalized spacial score (nSPS) is 12.0. The summed E-state index contributed by atoms with van der Waals surface area (Å²) in [7, 11) is -3.98. The molecule has 190 valence electrons. The fraction of sp³-hybridized carbons (Fsp3) is 0.138. The largest absolute Gasteiger partial charge is 0.494 e. The number of carbonyl (C=O) groups is 1. The van der Waals surface area contributed by atoms with Crippen molar-refractivity contribution >= 4 is 33.4 Å². The van der Waals surface area contributed by atoms with Gasteiger partial charge >= 0.3 is 0 Å². The Balaban J connectivity index is 1.57. The van der Waals surface area contributed by atoms with Crippen molar-refractivity contribution in [3.8, 4) is 5.75 Å². The maximum absolute atomic E-state index is 13.5. The Kier molecular flexibility index (Phi) is 9.00. The molecule has 0 saturated carbocycles. The Morgan fingerprint density at radius 2 is 1.46 bits per heavy atom. The summed E-state index contributed by atoms with van der Waals surface area (Å²) in [4.78, 5) is 15.4. The minimum atomic E-state index is -3.98. The zero-order valence-electron chi connectivity index (χ0n) is 20.3. The number of amides is 1. The van der Waals surface area contributed by atoms with Crippen LogP contribution in [0.3, 0.4) is 0 Å². The zero-order chi connectivity index (χ0) is 26.1. The second-order valence-electron chi connectivity index (χ2n) is 8.17. The highest BCUT2D eigenvalue weighted by molar-refractivity contribution is 7.99. The molecule has 0 aliphatic carbocycles. The number of carbonyl (C=O) groups excluding carboxylic acids is 1. The first-order valence-electron chi connectivity index (χ1n) is 11.9. The Labute approximate surface area is 222 Å². The van der Waals surface area contributed by atoms with E-state index in [0.717, 1.165) is 15.4 Å². The summed E-state index contributed by atoms with van der Waals surface area (Å²) < 4.78 is 34.5. The molecule has 0 saturated heterocycles. The number of hydrogen-bond acceptors (Lipinski definition) is 5. The van der Waals surface area contributed by atoms with Crippen molar-refractivity contribution in [3.05, 3.63) is 115 Å². The molecule has 0 radical (unpaired) electrons. The van der Waals surface area contributed by atoms with E-state index in [0.29, 0.717) is 18.0 Å². The summed E-state index contributed by atoms with van der Waals surface area (Å²) in [5.74, 6) is 0.132. The third-order valence-electron chi connectivity index (χ3n) is 5.46. The fourth-order valence-electron chi connectivity index (χ4n) is 3.67. The molecule has 1 atom stereocenters. The molecular weight excluding hydrogens is 504 g/mol. The van der Waals surface area contributed by atoms with Crippen LogP contribution in [-0.2, 0) is 21.2 Å². The number of benzene rings is 4. The molecule has 1 amide bonds. The molecule has 4 aromatic rings.